The number of hydrogen-bond acceptors (Lipinski definition) is 3. The molecule has 1 aliphatic rings. The summed E-state index contributed by atoms with van der Waals surface area (Å²) in [4.78, 5) is 2.50. The molecule has 112 valence electrons. The van der Waals surface area contributed by atoms with Crippen LogP contribution in [-0.4, -0.2) is 38.3 Å². The van der Waals surface area contributed by atoms with Crippen molar-refractivity contribution in [2.75, 3.05) is 33.4 Å². The maximum Gasteiger partial charge on any atom is 0.126 e. The van der Waals surface area contributed by atoms with Gasteiger partial charge in [-0.15, -0.1) is 0 Å². The molecule has 0 aromatic heterocycles. The Morgan fingerprint density at radius 3 is 2.45 bits per heavy atom. The molecule has 0 amide bonds. The molecule has 0 aliphatic carbocycles. The maximum absolute atomic E-state index is 6.02. The minimum absolute atomic E-state index is 0.399. The third-order valence-electron chi connectivity index (χ3n) is 3.94. The van der Waals surface area contributed by atoms with Gasteiger partial charge < -0.3 is 9.47 Å². The number of hydrogen-bond donors (Lipinski definition) is 0. The summed E-state index contributed by atoms with van der Waals surface area (Å²) in [5, 5.41) is 0. The van der Waals surface area contributed by atoms with Gasteiger partial charge in [0.2, 0.25) is 0 Å². The van der Waals surface area contributed by atoms with E-state index in [-0.39, 0.29) is 0 Å². The largest absolute Gasteiger partial charge is 0.496 e. The number of piperidine rings is 1. The van der Waals surface area contributed by atoms with Crippen molar-refractivity contribution >= 4 is 0 Å². The Hall–Kier alpha value is -1.22. The highest BCUT2D eigenvalue weighted by Gasteiger charge is 2.15. The van der Waals surface area contributed by atoms with Gasteiger partial charge >= 0.3 is 0 Å². The van der Waals surface area contributed by atoms with Crippen molar-refractivity contribution < 1.29 is 9.47 Å². The van der Waals surface area contributed by atoms with Crippen molar-refractivity contribution in [2.24, 2.45) is 0 Å². The van der Waals surface area contributed by atoms with E-state index in [0.717, 1.165) is 24.7 Å². The average Bonchev–Trinajstić information content (AvgIpc) is 2.47. The molecule has 1 saturated heterocycles. The number of nitrogens with zero attached hydrogens (tertiary/aromatic N) is 1. The molecule has 0 N–H and O–H groups in total. The van der Waals surface area contributed by atoms with Gasteiger partial charge in [-0.1, -0.05) is 26.3 Å². The van der Waals surface area contributed by atoms with Crippen molar-refractivity contribution in [1.29, 1.82) is 0 Å². The SMILES string of the molecule is COc1cccc(OCCN2CCCCC2)c1C(C)C. The smallest absolute Gasteiger partial charge is 0.126 e. The Labute approximate surface area is 122 Å². The molecular formula is C17H27NO2. The number of benzene rings is 1. The van der Waals surface area contributed by atoms with E-state index in [0.29, 0.717) is 5.92 Å². The zero-order valence-corrected chi connectivity index (χ0v) is 13.0. The quantitative estimate of drug-likeness (QED) is 0.791. The van der Waals surface area contributed by atoms with Crippen LogP contribution in [0.5, 0.6) is 11.5 Å². The Kier molecular flexibility index (Phi) is 5.72. The monoisotopic (exact) mass is 277 g/mol. The second kappa shape index (κ2) is 7.53. The molecule has 0 unspecified atom stereocenters. The Morgan fingerprint density at radius 1 is 1.10 bits per heavy atom. The van der Waals surface area contributed by atoms with E-state index in [1.54, 1.807) is 7.11 Å². The summed E-state index contributed by atoms with van der Waals surface area (Å²) in [6, 6.07) is 6.06. The van der Waals surface area contributed by atoms with Crippen LogP contribution in [-0.2, 0) is 0 Å². The minimum atomic E-state index is 0.399. The second-order valence-corrected chi connectivity index (χ2v) is 5.78. The van der Waals surface area contributed by atoms with Crippen LogP contribution in [0.25, 0.3) is 0 Å². The molecule has 2 rings (SSSR count). The Balaban J connectivity index is 1.94. The molecule has 20 heavy (non-hydrogen) atoms. The van der Waals surface area contributed by atoms with E-state index in [4.69, 9.17) is 9.47 Å². The summed E-state index contributed by atoms with van der Waals surface area (Å²) in [6.07, 6.45) is 4.04. The first-order valence-corrected chi connectivity index (χ1v) is 7.74. The van der Waals surface area contributed by atoms with E-state index in [1.807, 2.05) is 18.2 Å². The van der Waals surface area contributed by atoms with Crippen molar-refractivity contribution in [3.05, 3.63) is 23.8 Å². The molecule has 0 atom stereocenters. The topological polar surface area (TPSA) is 21.7 Å². The minimum Gasteiger partial charge on any atom is -0.496 e. The Morgan fingerprint density at radius 2 is 1.80 bits per heavy atom. The summed E-state index contributed by atoms with van der Waals surface area (Å²) < 4.78 is 11.5. The molecule has 0 saturated carbocycles. The molecule has 1 fully saturated rings. The third kappa shape index (κ3) is 3.89. The van der Waals surface area contributed by atoms with Crippen molar-refractivity contribution in [2.45, 2.75) is 39.0 Å². The molecule has 3 nitrogen and oxygen atoms in total. The van der Waals surface area contributed by atoms with Crippen LogP contribution in [0.15, 0.2) is 18.2 Å². The number of methoxy groups -OCH3 is 1. The van der Waals surface area contributed by atoms with Crippen LogP contribution in [0.4, 0.5) is 0 Å². The van der Waals surface area contributed by atoms with Crippen LogP contribution in [0.1, 0.15) is 44.6 Å². The van der Waals surface area contributed by atoms with Crippen LogP contribution in [0, 0.1) is 0 Å². The van der Waals surface area contributed by atoms with Crippen molar-refractivity contribution in [3.8, 4) is 11.5 Å². The van der Waals surface area contributed by atoms with Crippen molar-refractivity contribution in [1.82, 2.24) is 4.90 Å². The summed E-state index contributed by atoms with van der Waals surface area (Å²) in [7, 11) is 1.72. The Bertz CT molecular complexity index is 411. The predicted octanol–water partition coefficient (Wildman–Crippen LogP) is 3.68. The first kappa shape index (κ1) is 15.2. The molecule has 1 aromatic carbocycles. The molecular weight excluding hydrogens is 250 g/mol. The second-order valence-electron chi connectivity index (χ2n) is 5.78. The standard InChI is InChI=1S/C17H27NO2/c1-14(2)17-15(19-3)8-7-9-16(17)20-13-12-18-10-5-4-6-11-18/h7-9,14H,4-6,10-13H2,1-3H3. The first-order chi connectivity index (χ1) is 9.72. The fourth-order valence-corrected chi connectivity index (χ4v) is 2.86. The number of ether oxygens (including phenoxy) is 2. The normalized spacial score (nSPS) is 16.4. The lowest BCUT2D eigenvalue weighted by atomic mass is 10.0. The van der Waals surface area contributed by atoms with Gasteiger partial charge in [0.1, 0.15) is 18.1 Å². The van der Waals surface area contributed by atoms with Gasteiger partial charge in [0, 0.05) is 12.1 Å². The molecule has 1 aliphatic heterocycles. The summed E-state index contributed by atoms with van der Waals surface area (Å²) >= 11 is 0. The van der Waals surface area contributed by atoms with E-state index >= 15 is 0 Å². The zero-order valence-electron chi connectivity index (χ0n) is 13.0. The third-order valence-corrected chi connectivity index (χ3v) is 3.94. The van der Waals surface area contributed by atoms with Gasteiger partial charge in [-0.25, -0.2) is 0 Å². The summed E-state index contributed by atoms with van der Waals surface area (Å²) in [5.74, 6) is 2.29. The zero-order chi connectivity index (χ0) is 14.4. The lowest BCUT2D eigenvalue weighted by molar-refractivity contribution is 0.182. The van der Waals surface area contributed by atoms with Gasteiger partial charge in [-0.05, 0) is 44.0 Å². The molecule has 1 heterocycles. The predicted molar refractivity (Wildman–Crippen MR) is 82.9 cm³/mol. The van der Waals surface area contributed by atoms with Crippen LogP contribution >= 0.6 is 0 Å². The van der Waals surface area contributed by atoms with E-state index in [2.05, 4.69) is 18.7 Å². The highest BCUT2D eigenvalue weighted by molar-refractivity contribution is 5.46. The van der Waals surface area contributed by atoms with Crippen LogP contribution in [0.2, 0.25) is 0 Å². The van der Waals surface area contributed by atoms with Crippen molar-refractivity contribution in [3.63, 3.8) is 0 Å². The molecule has 3 heteroatoms. The fourth-order valence-electron chi connectivity index (χ4n) is 2.86. The number of likely N-dealkylation sites (tertiary alicyclic amines) is 1. The van der Waals surface area contributed by atoms with E-state index < -0.39 is 0 Å². The van der Waals surface area contributed by atoms with Gasteiger partial charge in [0.05, 0.1) is 7.11 Å². The highest BCUT2D eigenvalue weighted by atomic mass is 16.5. The summed E-state index contributed by atoms with van der Waals surface area (Å²) in [5.41, 5.74) is 1.17. The van der Waals surface area contributed by atoms with E-state index in [9.17, 15) is 0 Å². The molecule has 1 aromatic rings. The van der Waals surface area contributed by atoms with E-state index in [1.165, 1.54) is 37.9 Å². The number of rotatable bonds is 6. The highest BCUT2D eigenvalue weighted by Crippen LogP contribution is 2.34. The van der Waals surface area contributed by atoms with Gasteiger partial charge in [-0.3, -0.25) is 4.90 Å². The molecule has 0 bridgehead atoms. The van der Waals surface area contributed by atoms with Gasteiger partial charge in [-0.2, -0.15) is 0 Å². The van der Waals surface area contributed by atoms with Gasteiger partial charge in [0.15, 0.2) is 0 Å². The van der Waals surface area contributed by atoms with Gasteiger partial charge in [0.25, 0.3) is 0 Å². The molecule has 0 radical (unpaired) electrons. The first-order valence-electron chi connectivity index (χ1n) is 7.74. The van der Waals surface area contributed by atoms with Crippen LogP contribution in [0.3, 0.4) is 0 Å². The van der Waals surface area contributed by atoms with Crippen LogP contribution < -0.4 is 9.47 Å². The maximum atomic E-state index is 6.02. The average molecular weight is 277 g/mol. The summed E-state index contributed by atoms with van der Waals surface area (Å²) in [6.45, 7) is 8.57. The fraction of sp³-hybridized carbons (Fsp3) is 0.647. The molecule has 0 spiro atoms. The lowest BCUT2D eigenvalue weighted by Gasteiger charge is -2.26. The lowest BCUT2D eigenvalue weighted by Crippen LogP contribution is -2.33.